The van der Waals surface area contributed by atoms with E-state index >= 15 is 0 Å². The van der Waals surface area contributed by atoms with Gasteiger partial charge in [0, 0.05) is 6.42 Å². The minimum absolute atomic E-state index is 0.0332. The van der Waals surface area contributed by atoms with Gasteiger partial charge in [-0.25, -0.2) is 0 Å². The Morgan fingerprint density at radius 1 is 1.39 bits per heavy atom. The molecule has 2 aliphatic rings. The van der Waals surface area contributed by atoms with Crippen molar-refractivity contribution in [3.63, 3.8) is 0 Å². The number of hydrogen-bond acceptors (Lipinski definition) is 3. The Morgan fingerprint density at radius 2 is 2.11 bits per heavy atom. The number of hydrogen-bond donors (Lipinski definition) is 1. The van der Waals surface area contributed by atoms with Crippen molar-refractivity contribution < 1.29 is 14.6 Å². The van der Waals surface area contributed by atoms with Crippen molar-refractivity contribution in [2.45, 2.75) is 71.0 Å². The van der Waals surface area contributed by atoms with Gasteiger partial charge < -0.3 is 9.84 Å². The molecular formula is C15H26O3. The molecule has 2 saturated carbocycles. The fourth-order valence-corrected chi connectivity index (χ4v) is 3.83. The summed E-state index contributed by atoms with van der Waals surface area (Å²) in [5.41, 5.74) is -0.374. The molecule has 5 atom stereocenters. The Balaban J connectivity index is 2.09. The minimum atomic E-state index is -0.374. The number of carbonyl (C=O) groups is 1. The van der Waals surface area contributed by atoms with E-state index in [1.807, 2.05) is 13.8 Å². The van der Waals surface area contributed by atoms with Crippen LogP contribution in [-0.4, -0.2) is 22.8 Å². The molecule has 0 amide bonds. The molecule has 3 nitrogen and oxygen atoms in total. The monoisotopic (exact) mass is 254 g/mol. The maximum absolute atomic E-state index is 12.0. The molecule has 0 heterocycles. The lowest BCUT2D eigenvalue weighted by molar-refractivity contribution is -0.183. The molecule has 2 aliphatic carbocycles. The average Bonchev–Trinajstić information content (AvgIpc) is 2.24. The Kier molecular flexibility index (Phi) is 4.00. The third kappa shape index (κ3) is 2.87. The first-order valence-corrected chi connectivity index (χ1v) is 7.35. The van der Waals surface area contributed by atoms with Crippen molar-refractivity contribution in [1.29, 1.82) is 0 Å². The van der Waals surface area contributed by atoms with E-state index in [0.29, 0.717) is 18.3 Å². The summed E-state index contributed by atoms with van der Waals surface area (Å²) in [6.07, 6.45) is 5.08. The molecule has 0 aromatic rings. The lowest BCUT2D eigenvalue weighted by Gasteiger charge is -2.48. The van der Waals surface area contributed by atoms with Crippen molar-refractivity contribution in [3.05, 3.63) is 0 Å². The third-order valence-corrected chi connectivity index (χ3v) is 4.66. The largest absolute Gasteiger partial charge is 0.459 e. The first kappa shape index (κ1) is 13.9. The zero-order valence-electron chi connectivity index (χ0n) is 11.8. The highest BCUT2D eigenvalue weighted by Crippen LogP contribution is 2.47. The van der Waals surface area contributed by atoms with Gasteiger partial charge in [0.15, 0.2) is 0 Å². The van der Waals surface area contributed by atoms with Gasteiger partial charge in [-0.05, 0) is 43.9 Å². The standard InChI is InChI=1S/C15H26O3/c1-4-11(3)14(17)18-15-7-10(2)5-12(8-15)6-13(16)9-15/h10-13,16H,4-9H2,1-3H3. The summed E-state index contributed by atoms with van der Waals surface area (Å²) in [6, 6.07) is 0. The van der Waals surface area contributed by atoms with Crippen molar-refractivity contribution >= 4 is 5.97 Å². The quantitative estimate of drug-likeness (QED) is 0.788. The molecule has 2 fully saturated rings. The molecule has 1 N–H and O–H groups in total. The lowest BCUT2D eigenvalue weighted by atomic mass is 9.64. The molecule has 2 rings (SSSR count). The van der Waals surface area contributed by atoms with Crippen LogP contribution in [0.2, 0.25) is 0 Å². The number of fused-ring (bicyclic) bond motifs is 2. The molecule has 0 radical (unpaired) electrons. The summed E-state index contributed by atoms with van der Waals surface area (Å²) in [7, 11) is 0. The summed E-state index contributed by atoms with van der Waals surface area (Å²) in [4.78, 5) is 12.0. The minimum Gasteiger partial charge on any atom is -0.459 e. The Morgan fingerprint density at radius 3 is 2.78 bits per heavy atom. The van der Waals surface area contributed by atoms with E-state index in [0.717, 1.165) is 25.7 Å². The van der Waals surface area contributed by atoms with Crippen LogP contribution in [0.1, 0.15) is 59.3 Å². The van der Waals surface area contributed by atoms with E-state index in [1.165, 1.54) is 6.42 Å². The summed E-state index contributed by atoms with van der Waals surface area (Å²) in [6.45, 7) is 6.16. The van der Waals surface area contributed by atoms with Crippen LogP contribution >= 0.6 is 0 Å². The fraction of sp³-hybridized carbons (Fsp3) is 0.933. The number of ether oxygens (including phenoxy) is 1. The molecule has 104 valence electrons. The molecule has 0 aliphatic heterocycles. The van der Waals surface area contributed by atoms with Crippen LogP contribution in [0.15, 0.2) is 0 Å². The summed E-state index contributed by atoms with van der Waals surface area (Å²) >= 11 is 0. The van der Waals surface area contributed by atoms with Crippen LogP contribution in [-0.2, 0) is 9.53 Å². The second-order valence-electron chi connectivity index (χ2n) is 6.62. The smallest absolute Gasteiger partial charge is 0.309 e. The van der Waals surface area contributed by atoms with Gasteiger partial charge in [0.1, 0.15) is 5.60 Å². The van der Waals surface area contributed by atoms with E-state index in [4.69, 9.17) is 4.74 Å². The van der Waals surface area contributed by atoms with E-state index in [1.54, 1.807) is 0 Å². The molecule has 5 unspecified atom stereocenters. The Labute approximate surface area is 110 Å². The van der Waals surface area contributed by atoms with Gasteiger partial charge in [-0.1, -0.05) is 20.8 Å². The molecule has 0 saturated heterocycles. The average molecular weight is 254 g/mol. The number of carbonyl (C=O) groups excluding carboxylic acids is 1. The van der Waals surface area contributed by atoms with Gasteiger partial charge in [-0.2, -0.15) is 0 Å². The van der Waals surface area contributed by atoms with Gasteiger partial charge in [0.05, 0.1) is 12.0 Å². The summed E-state index contributed by atoms with van der Waals surface area (Å²) < 4.78 is 5.84. The number of aliphatic hydroxyl groups excluding tert-OH is 1. The van der Waals surface area contributed by atoms with Crippen molar-refractivity contribution in [2.75, 3.05) is 0 Å². The number of esters is 1. The summed E-state index contributed by atoms with van der Waals surface area (Å²) in [5.74, 6) is 1.01. The second kappa shape index (κ2) is 5.20. The first-order valence-electron chi connectivity index (χ1n) is 7.35. The molecule has 2 bridgehead atoms. The lowest BCUT2D eigenvalue weighted by Crippen LogP contribution is -2.50. The maximum Gasteiger partial charge on any atom is 0.309 e. The van der Waals surface area contributed by atoms with E-state index in [2.05, 4.69) is 6.92 Å². The predicted molar refractivity (Wildman–Crippen MR) is 70.0 cm³/mol. The SMILES string of the molecule is CCC(C)C(=O)OC12CC(C)CC(CC(O)C1)C2. The normalized spacial score (nSPS) is 41.2. The van der Waals surface area contributed by atoms with Gasteiger partial charge in [-0.3, -0.25) is 4.79 Å². The topological polar surface area (TPSA) is 46.5 Å². The maximum atomic E-state index is 12.0. The zero-order valence-corrected chi connectivity index (χ0v) is 11.8. The number of aliphatic hydroxyl groups is 1. The highest BCUT2D eigenvalue weighted by Gasteiger charge is 2.47. The highest BCUT2D eigenvalue weighted by atomic mass is 16.6. The first-order chi connectivity index (χ1) is 8.44. The zero-order chi connectivity index (χ0) is 13.3. The van der Waals surface area contributed by atoms with Gasteiger partial charge in [-0.15, -0.1) is 0 Å². The molecule has 3 heteroatoms. The highest BCUT2D eigenvalue weighted by molar-refractivity contribution is 5.72. The van der Waals surface area contributed by atoms with Crippen LogP contribution in [0.3, 0.4) is 0 Å². The van der Waals surface area contributed by atoms with Gasteiger partial charge >= 0.3 is 5.97 Å². The van der Waals surface area contributed by atoms with Crippen LogP contribution in [0.5, 0.6) is 0 Å². The van der Waals surface area contributed by atoms with E-state index in [9.17, 15) is 9.90 Å². The Bertz CT molecular complexity index is 293. The van der Waals surface area contributed by atoms with Gasteiger partial charge in [0.25, 0.3) is 0 Å². The summed E-state index contributed by atoms with van der Waals surface area (Å²) in [5, 5.41) is 9.98. The third-order valence-electron chi connectivity index (χ3n) is 4.66. The predicted octanol–water partition coefficient (Wildman–Crippen LogP) is 2.91. The molecule has 0 aromatic carbocycles. The molecule has 18 heavy (non-hydrogen) atoms. The molecular weight excluding hydrogens is 228 g/mol. The van der Waals surface area contributed by atoms with Crippen molar-refractivity contribution in [2.24, 2.45) is 17.8 Å². The van der Waals surface area contributed by atoms with E-state index in [-0.39, 0.29) is 23.6 Å². The van der Waals surface area contributed by atoms with Crippen LogP contribution in [0, 0.1) is 17.8 Å². The van der Waals surface area contributed by atoms with Crippen LogP contribution in [0.25, 0.3) is 0 Å². The Hall–Kier alpha value is -0.570. The number of rotatable bonds is 3. The molecule has 0 spiro atoms. The molecule has 0 aromatic heterocycles. The van der Waals surface area contributed by atoms with Crippen molar-refractivity contribution in [3.8, 4) is 0 Å². The van der Waals surface area contributed by atoms with Crippen LogP contribution in [0.4, 0.5) is 0 Å². The fourth-order valence-electron chi connectivity index (χ4n) is 3.83. The van der Waals surface area contributed by atoms with E-state index < -0.39 is 0 Å². The van der Waals surface area contributed by atoms with Crippen molar-refractivity contribution in [1.82, 2.24) is 0 Å². The van der Waals surface area contributed by atoms with Gasteiger partial charge in [0.2, 0.25) is 0 Å². The second-order valence-corrected chi connectivity index (χ2v) is 6.62. The van der Waals surface area contributed by atoms with Crippen LogP contribution < -0.4 is 0 Å².